The van der Waals surface area contributed by atoms with Gasteiger partial charge in [-0.2, -0.15) is 0 Å². The number of nitrogens with zero attached hydrogens (tertiary/aromatic N) is 1. The van der Waals surface area contributed by atoms with Gasteiger partial charge in [-0.3, -0.25) is 9.78 Å². The van der Waals surface area contributed by atoms with Crippen molar-refractivity contribution in [3.63, 3.8) is 0 Å². The van der Waals surface area contributed by atoms with E-state index in [-0.39, 0.29) is 11.9 Å². The number of fused-ring (bicyclic) bond motifs is 1. The molecule has 2 rings (SSSR count). The summed E-state index contributed by atoms with van der Waals surface area (Å²) in [7, 11) is 0. The lowest BCUT2D eigenvalue weighted by Crippen LogP contribution is -2.31. The van der Waals surface area contributed by atoms with Crippen molar-refractivity contribution >= 4 is 33.0 Å². The standard InChI is InChI=1S/C15H19N3OS/c1-5-6-8(2)18-15(19)14-13(16)12-10(4)17-9(3)7-11(12)20-14/h5,7-8H,1,6,16H2,2-4H3,(H,18,19). The SMILES string of the molecule is C=CCC(C)NC(=O)c1sc2cc(C)nc(C)c2c1N. The summed E-state index contributed by atoms with van der Waals surface area (Å²) in [6, 6.07) is 2.01. The third-order valence-corrected chi connectivity index (χ3v) is 4.27. The molecule has 1 atom stereocenters. The first-order valence-corrected chi connectivity index (χ1v) is 7.33. The highest BCUT2D eigenvalue weighted by molar-refractivity contribution is 7.21. The fourth-order valence-corrected chi connectivity index (χ4v) is 3.42. The number of nitrogen functional groups attached to an aromatic ring is 1. The number of amides is 1. The van der Waals surface area contributed by atoms with Gasteiger partial charge in [0.1, 0.15) is 4.88 Å². The normalized spacial score (nSPS) is 12.3. The predicted octanol–water partition coefficient (Wildman–Crippen LogP) is 3.19. The number of rotatable bonds is 4. The molecule has 0 bridgehead atoms. The number of hydrogen-bond donors (Lipinski definition) is 2. The van der Waals surface area contributed by atoms with Crippen molar-refractivity contribution in [1.29, 1.82) is 0 Å². The van der Waals surface area contributed by atoms with Crippen molar-refractivity contribution in [3.8, 4) is 0 Å². The van der Waals surface area contributed by atoms with Gasteiger partial charge in [0.2, 0.25) is 0 Å². The number of nitrogens with one attached hydrogen (secondary N) is 1. The monoisotopic (exact) mass is 289 g/mol. The summed E-state index contributed by atoms with van der Waals surface area (Å²) < 4.78 is 1.01. The summed E-state index contributed by atoms with van der Waals surface area (Å²) in [5.74, 6) is -0.130. The van der Waals surface area contributed by atoms with Gasteiger partial charge in [-0.1, -0.05) is 6.08 Å². The zero-order valence-corrected chi connectivity index (χ0v) is 12.8. The van der Waals surface area contributed by atoms with Crippen LogP contribution in [0.25, 0.3) is 10.1 Å². The van der Waals surface area contributed by atoms with E-state index in [1.54, 1.807) is 6.08 Å². The van der Waals surface area contributed by atoms with Gasteiger partial charge >= 0.3 is 0 Å². The van der Waals surface area contributed by atoms with E-state index in [1.807, 2.05) is 26.8 Å². The number of aromatic nitrogens is 1. The fourth-order valence-electron chi connectivity index (χ4n) is 2.25. The highest BCUT2D eigenvalue weighted by Crippen LogP contribution is 2.35. The van der Waals surface area contributed by atoms with E-state index in [2.05, 4.69) is 16.9 Å². The topological polar surface area (TPSA) is 68.0 Å². The maximum absolute atomic E-state index is 12.3. The van der Waals surface area contributed by atoms with Gasteiger partial charge < -0.3 is 11.1 Å². The molecule has 2 aromatic heterocycles. The molecule has 0 aliphatic carbocycles. The first kappa shape index (κ1) is 14.5. The summed E-state index contributed by atoms with van der Waals surface area (Å²) >= 11 is 1.42. The predicted molar refractivity (Wildman–Crippen MR) is 85.2 cm³/mol. The molecule has 0 aliphatic heterocycles. The molecular weight excluding hydrogens is 270 g/mol. The second-order valence-corrected chi connectivity index (χ2v) is 6.02. The van der Waals surface area contributed by atoms with Crippen molar-refractivity contribution in [3.05, 3.63) is 35.0 Å². The summed E-state index contributed by atoms with van der Waals surface area (Å²) in [6.45, 7) is 9.47. The molecule has 0 saturated heterocycles. The van der Waals surface area contributed by atoms with Gasteiger partial charge in [0.05, 0.1) is 5.69 Å². The molecule has 1 amide bonds. The number of pyridine rings is 1. The van der Waals surface area contributed by atoms with Gasteiger partial charge in [0.25, 0.3) is 5.91 Å². The van der Waals surface area contributed by atoms with Crippen LogP contribution in [-0.2, 0) is 0 Å². The molecule has 0 radical (unpaired) electrons. The molecule has 4 nitrogen and oxygen atoms in total. The van der Waals surface area contributed by atoms with E-state index < -0.39 is 0 Å². The Kier molecular flexibility index (Phi) is 4.09. The van der Waals surface area contributed by atoms with Gasteiger partial charge in [0.15, 0.2) is 0 Å². The number of hydrogen-bond acceptors (Lipinski definition) is 4. The molecule has 0 aliphatic rings. The number of carbonyl (C=O) groups excluding carboxylic acids is 1. The molecule has 0 saturated carbocycles. The molecule has 20 heavy (non-hydrogen) atoms. The highest BCUT2D eigenvalue weighted by Gasteiger charge is 2.19. The minimum absolute atomic E-state index is 0.0468. The first-order valence-electron chi connectivity index (χ1n) is 6.52. The lowest BCUT2D eigenvalue weighted by molar-refractivity contribution is 0.0945. The summed E-state index contributed by atoms with van der Waals surface area (Å²) in [6.07, 6.45) is 2.52. The van der Waals surface area contributed by atoms with E-state index in [0.29, 0.717) is 10.6 Å². The Hall–Kier alpha value is -1.88. The van der Waals surface area contributed by atoms with Crippen LogP contribution in [0.3, 0.4) is 0 Å². The molecule has 3 N–H and O–H groups in total. The second-order valence-electron chi connectivity index (χ2n) is 4.97. The van der Waals surface area contributed by atoms with E-state index in [0.717, 1.165) is 27.9 Å². The average Bonchev–Trinajstić information content (AvgIpc) is 2.66. The zero-order valence-electron chi connectivity index (χ0n) is 12.0. The van der Waals surface area contributed by atoms with Crippen LogP contribution in [0, 0.1) is 13.8 Å². The quantitative estimate of drug-likeness (QED) is 0.849. The van der Waals surface area contributed by atoms with E-state index in [4.69, 9.17) is 5.73 Å². The van der Waals surface area contributed by atoms with Crippen LogP contribution in [0.15, 0.2) is 18.7 Å². The van der Waals surface area contributed by atoms with Crippen molar-refractivity contribution in [2.45, 2.75) is 33.2 Å². The Morgan fingerprint density at radius 3 is 2.95 bits per heavy atom. The molecule has 2 heterocycles. The number of carbonyl (C=O) groups is 1. The molecule has 0 spiro atoms. The van der Waals surface area contributed by atoms with Crippen molar-refractivity contribution < 1.29 is 4.79 Å². The molecular formula is C15H19N3OS. The van der Waals surface area contributed by atoms with E-state index in [9.17, 15) is 4.79 Å². The van der Waals surface area contributed by atoms with Crippen LogP contribution < -0.4 is 11.1 Å². The Labute approximate surface area is 122 Å². The number of anilines is 1. The van der Waals surface area contributed by atoms with Crippen molar-refractivity contribution in [1.82, 2.24) is 10.3 Å². The van der Waals surface area contributed by atoms with E-state index in [1.165, 1.54) is 11.3 Å². The van der Waals surface area contributed by atoms with Crippen LogP contribution >= 0.6 is 11.3 Å². The largest absolute Gasteiger partial charge is 0.397 e. The molecule has 0 aromatic carbocycles. The second kappa shape index (κ2) is 5.63. The maximum atomic E-state index is 12.3. The van der Waals surface area contributed by atoms with E-state index >= 15 is 0 Å². The Balaban J connectivity index is 2.40. The van der Waals surface area contributed by atoms with Gasteiger partial charge in [-0.05, 0) is 33.3 Å². The lowest BCUT2D eigenvalue weighted by Gasteiger charge is -2.10. The minimum atomic E-state index is -0.130. The van der Waals surface area contributed by atoms with Crippen molar-refractivity contribution in [2.75, 3.05) is 5.73 Å². The zero-order chi connectivity index (χ0) is 14.9. The summed E-state index contributed by atoms with van der Waals surface area (Å²) in [4.78, 5) is 17.3. The smallest absolute Gasteiger partial charge is 0.263 e. The average molecular weight is 289 g/mol. The third kappa shape index (κ3) is 2.67. The summed E-state index contributed by atoms with van der Waals surface area (Å²) in [5, 5.41) is 3.82. The van der Waals surface area contributed by atoms with Gasteiger partial charge in [0, 0.05) is 27.5 Å². The molecule has 2 aromatic rings. The van der Waals surface area contributed by atoms with Crippen LogP contribution in [0.5, 0.6) is 0 Å². The third-order valence-electron chi connectivity index (χ3n) is 3.12. The lowest BCUT2D eigenvalue weighted by atomic mass is 10.2. The molecule has 0 fully saturated rings. The van der Waals surface area contributed by atoms with Crippen LogP contribution in [-0.4, -0.2) is 16.9 Å². The van der Waals surface area contributed by atoms with Crippen molar-refractivity contribution in [2.24, 2.45) is 0 Å². The molecule has 106 valence electrons. The number of thiophene rings is 1. The van der Waals surface area contributed by atoms with Crippen LogP contribution in [0.1, 0.15) is 34.4 Å². The Bertz CT molecular complexity index is 675. The maximum Gasteiger partial charge on any atom is 0.263 e. The molecule has 1 unspecified atom stereocenters. The highest BCUT2D eigenvalue weighted by atomic mass is 32.1. The molecule has 5 heteroatoms. The van der Waals surface area contributed by atoms with Crippen LogP contribution in [0.2, 0.25) is 0 Å². The van der Waals surface area contributed by atoms with Crippen LogP contribution in [0.4, 0.5) is 5.69 Å². The van der Waals surface area contributed by atoms with Gasteiger partial charge in [-0.25, -0.2) is 0 Å². The minimum Gasteiger partial charge on any atom is -0.397 e. The Morgan fingerprint density at radius 1 is 1.60 bits per heavy atom. The first-order chi connectivity index (χ1) is 9.43. The Morgan fingerprint density at radius 2 is 2.30 bits per heavy atom. The van der Waals surface area contributed by atoms with Gasteiger partial charge in [-0.15, -0.1) is 17.9 Å². The number of nitrogens with two attached hydrogens (primary N) is 1. The fraction of sp³-hybridized carbons (Fsp3) is 0.333. The number of aryl methyl sites for hydroxylation is 2. The summed E-state index contributed by atoms with van der Waals surface area (Å²) in [5.41, 5.74) is 8.46.